The van der Waals surface area contributed by atoms with Crippen molar-refractivity contribution >= 4 is 15.9 Å². The Labute approximate surface area is 78.4 Å². The van der Waals surface area contributed by atoms with Gasteiger partial charge in [0.25, 0.3) is 0 Å². The quantitative estimate of drug-likeness (QED) is 0.743. The molecule has 0 unspecified atom stereocenters. The van der Waals surface area contributed by atoms with Crippen molar-refractivity contribution in [2.24, 2.45) is 0 Å². The maximum absolute atomic E-state index is 5.26. The second kappa shape index (κ2) is 3.11. The lowest BCUT2D eigenvalue weighted by Crippen LogP contribution is -1.73. The van der Waals surface area contributed by atoms with Crippen LogP contribution in [-0.2, 0) is 0 Å². The molecule has 0 aliphatic carbocycles. The summed E-state index contributed by atoms with van der Waals surface area (Å²) in [5, 5.41) is 0. The Balaban J connectivity index is 2.45. The number of rotatable bonds is 1. The fourth-order valence-electron chi connectivity index (χ4n) is 0.973. The SMILES string of the molecule is Brc1coc(-c2cccnc2)c1. The molecular weight excluding hydrogens is 218 g/mol. The minimum atomic E-state index is 0.829. The highest BCUT2D eigenvalue weighted by molar-refractivity contribution is 9.10. The topological polar surface area (TPSA) is 26.0 Å². The summed E-state index contributed by atoms with van der Waals surface area (Å²) < 4.78 is 6.21. The summed E-state index contributed by atoms with van der Waals surface area (Å²) in [4.78, 5) is 4.00. The molecule has 2 aromatic rings. The lowest BCUT2D eigenvalue weighted by Gasteiger charge is -1.91. The zero-order valence-corrected chi connectivity index (χ0v) is 7.78. The Morgan fingerprint density at radius 1 is 1.42 bits per heavy atom. The molecule has 0 amide bonds. The number of furan rings is 1. The van der Waals surface area contributed by atoms with Crippen LogP contribution in [0.15, 0.2) is 45.7 Å². The summed E-state index contributed by atoms with van der Waals surface area (Å²) in [6.07, 6.45) is 5.16. The van der Waals surface area contributed by atoms with E-state index < -0.39 is 0 Å². The molecule has 0 aliphatic rings. The van der Waals surface area contributed by atoms with Gasteiger partial charge >= 0.3 is 0 Å². The molecule has 3 heteroatoms. The summed E-state index contributed by atoms with van der Waals surface area (Å²) >= 11 is 3.32. The predicted octanol–water partition coefficient (Wildman–Crippen LogP) is 3.10. The largest absolute Gasteiger partial charge is 0.463 e. The van der Waals surface area contributed by atoms with Gasteiger partial charge in [0.15, 0.2) is 0 Å². The molecule has 2 aromatic heterocycles. The van der Waals surface area contributed by atoms with E-state index >= 15 is 0 Å². The predicted molar refractivity (Wildman–Crippen MR) is 49.6 cm³/mol. The molecule has 2 nitrogen and oxygen atoms in total. The van der Waals surface area contributed by atoms with Gasteiger partial charge in [-0.1, -0.05) is 0 Å². The van der Waals surface area contributed by atoms with Crippen LogP contribution < -0.4 is 0 Å². The van der Waals surface area contributed by atoms with E-state index in [0.29, 0.717) is 0 Å². The van der Waals surface area contributed by atoms with Crippen LogP contribution in [-0.4, -0.2) is 4.98 Å². The zero-order valence-electron chi connectivity index (χ0n) is 6.20. The van der Waals surface area contributed by atoms with Crippen molar-refractivity contribution in [3.8, 4) is 11.3 Å². The summed E-state index contributed by atoms with van der Waals surface area (Å²) in [6.45, 7) is 0. The summed E-state index contributed by atoms with van der Waals surface area (Å²) in [6, 6.07) is 5.75. The van der Waals surface area contributed by atoms with Gasteiger partial charge in [0.05, 0.1) is 4.47 Å². The molecule has 2 heterocycles. The zero-order chi connectivity index (χ0) is 8.39. The van der Waals surface area contributed by atoms with Crippen LogP contribution in [0.3, 0.4) is 0 Å². The highest BCUT2D eigenvalue weighted by Gasteiger charge is 2.01. The molecule has 0 atom stereocenters. The Morgan fingerprint density at radius 3 is 2.92 bits per heavy atom. The molecule has 2 rings (SSSR count). The van der Waals surface area contributed by atoms with Gasteiger partial charge in [-0.25, -0.2) is 0 Å². The van der Waals surface area contributed by atoms with E-state index in [4.69, 9.17) is 4.42 Å². The fourth-order valence-corrected chi connectivity index (χ4v) is 1.27. The molecule has 0 aromatic carbocycles. The van der Waals surface area contributed by atoms with Crippen molar-refractivity contribution in [1.29, 1.82) is 0 Å². The number of hydrogen-bond donors (Lipinski definition) is 0. The van der Waals surface area contributed by atoms with Crippen LogP contribution in [0, 0.1) is 0 Å². The van der Waals surface area contributed by atoms with Gasteiger partial charge in [-0.15, -0.1) is 0 Å². The number of pyridine rings is 1. The third-order valence-electron chi connectivity index (χ3n) is 1.51. The molecule has 0 saturated heterocycles. The first-order valence-corrected chi connectivity index (χ1v) is 4.30. The highest BCUT2D eigenvalue weighted by Crippen LogP contribution is 2.23. The lowest BCUT2D eigenvalue weighted by molar-refractivity contribution is 0.580. The van der Waals surface area contributed by atoms with Crippen molar-refractivity contribution in [3.63, 3.8) is 0 Å². The number of nitrogens with zero attached hydrogens (tertiary/aromatic N) is 1. The van der Waals surface area contributed by atoms with Gasteiger partial charge in [0, 0.05) is 18.0 Å². The van der Waals surface area contributed by atoms with E-state index in [2.05, 4.69) is 20.9 Å². The maximum atomic E-state index is 5.26. The van der Waals surface area contributed by atoms with Crippen LogP contribution in [0.25, 0.3) is 11.3 Å². The molecular formula is C9H6BrNO. The van der Waals surface area contributed by atoms with Gasteiger partial charge in [-0.05, 0) is 34.1 Å². The second-order valence-corrected chi connectivity index (χ2v) is 3.29. The molecule has 0 fully saturated rings. The standard InChI is InChI=1S/C9H6BrNO/c10-8-4-9(12-6-8)7-2-1-3-11-5-7/h1-6H. The van der Waals surface area contributed by atoms with Crippen LogP contribution in [0.4, 0.5) is 0 Å². The van der Waals surface area contributed by atoms with Gasteiger partial charge in [-0.3, -0.25) is 4.98 Å². The van der Waals surface area contributed by atoms with Crippen molar-refractivity contribution in [3.05, 3.63) is 41.3 Å². The van der Waals surface area contributed by atoms with Crippen LogP contribution in [0.1, 0.15) is 0 Å². The monoisotopic (exact) mass is 223 g/mol. The van der Waals surface area contributed by atoms with Gasteiger partial charge < -0.3 is 4.42 Å². The average Bonchev–Trinajstić information content (AvgIpc) is 2.54. The Hall–Kier alpha value is -1.09. The summed E-state index contributed by atoms with van der Waals surface area (Å²) in [5.41, 5.74) is 0.989. The highest BCUT2D eigenvalue weighted by atomic mass is 79.9. The van der Waals surface area contributed by atoms with Gasteiger partial charge in [-0.2, -0.15) is 0 Å². The number of aromatic nitrogens is 1. The molecule has 12 heavy (non-hydrogen) atoms. The van der Waals surface area contributed by atoms with E-state index in [9.17, 15) is 0 Å². The fraction of sp³-hybridized carbons (Fsp3) is 0. The molecule has 0 N–H and O–H groups in total. The molecule has 60 valence electrons. The van der Waals surface area contributed by atoms with E-state index in [-0.39, 0.29) is 0 Å². The first kappa shape index (κ1) is 7.55. The number of halogens is 1. The second-order valence-electron chi connectivity index (χ2n) is 2.37. The molecule has 0 bridgehead atoms. The van der Waals surface area contributed by atoms with Crippen molar-refractivity contribution in [2.75, 3.05) is 0 Å². The average molecular weight is 224 g/mol. The van der Waals surface area contributed by atoms with E-state index in [1.165, 1.54) is 0 Å². The first-order valence-electron chi connectivity index (χ1n) is 3.51. The minimum absolute atomic E-state index is 0.829. The summed E-state index contributed by atoms with van der Waals surface area (Å²) in [5.74, 6) is 0.829. The van der Waals surface area contributed by atoms with E-state index in [1.54, 1.807) is 18.7 Å². The third-order valence-corrected chi connectivity index (χ3v) is 1.93. The van der Waals surface area contributed by atoms with Crippen molar-refractivity contribution in [2.45, 2.75) is 0 Å². The lowest BCUT2D eigenvalue weighted by atomic mass is 10.2. The van der Waals surface area contributed by atoms with Crippen molar-refractivity contribution in [1.82, 2.24) is 4.98 Å². The van der Waals surface area contributed by atoms with E-state index in [1.807, 2.05) is 18.2 Å². The molecule has 0 spiro atoms. The third kappa shape index (κ3) is 1.41. The minimum Gasteiger partial charge on any atom is -0.463 e. The van der Waals surface area contributed by atoms with Crippen LogP contribution in [0.5, 0.6) is 0 Å². The van der Waals surface area contributed by atoms with E-state index in [0.717, 1.165) is 15.8 Å². The normalized spacial score (nSPS) is 10.1. The van der Waals surface area contributed by atoms with Crippen LogP contribution >= 0.6 is 15.9 Å². The maximum Gasteiger partial charge on any atom is 0.136 e. The first-order chi connectivity index (χ1) is 5.86. The smallest absolute Gasteiger partial charge is 0.136 e. The molecule has 0 radical (unpaired) electrons. The van der Waals surface area contributed by atoms with Crippen LogP contribution in [0.2, 0.25) is 0 Å². The van der Waals surface area contributed by atoms with Gasteiger partial charge in [0.2, 0.25) is 0 Å². The molecule has 0 aliphatic heterocycles. The Morgan fingerprint density at radius 2 is 2.33 bits per heavy atom. The Kier molecular flexibility index (Phi) is 1.96. The van der Waals surface area contributed by atoms with Crippen molar-refractivity contribution < 1.29 is 4.42 Å². The summed E-state index contributed by atoms with van der Waals surface area (Å²) in [7, 11) is 0. The molecule has 0 saturated carbocycles. The Bertz CT molecular complexity index is 369. The number of hydrogen-bond acceptors (Lipinski definition) is 2. The van der Waals surface area contributed by atoms with Gasteiger partial charge in [0.1, 0.15) is 12.0 Å².